The van der Waals surface area contributed by atoms with E-state index >= 15 is 0 Å². The van der Waals surface area contributed by atoms with Gasteiger partial charge in [-0.15, -0.1) is 6.58 Å². The fraction of sp³-hybridized carbons (Fsp3) is 0.750. The summed E-state index contributed by atoms with van der Waals surface area (Å²) in [5.41, 5.74) is -2.14. The summed E-state index contributed by atoms with van der Waals surface area (Å²) in [4.78, 5) is 0. The van der Waals surface area contributed by atoms with Gasteiger partial charge in [0.15, 0.2) is 0 Å². The van der Waals surface area contributed by atoms with Gasteiger partial charge in [-0.05, 0) is 27.2 Å². The fourth-order valence-corrected chi connectivity index (χ4v) is 0.531. The lowest BCUT2D eigenvalue weighted by atomic mass is 9.85. The average molecular weight is 155 g/mol. The van der Waals surface area contributed by atoms with Gasteiger partial charge in [0.1, 0.15) is 0 Å². The third-order valence-electron chi connectivity index (χ3n) is 1.86. The molecule has 0 aliphatic carbocycles. The highest BCUT2D eigenvalue weighted by Crippen LogP contribution is 2.24. The molecular weight excluding hydrogens is 139 g/mol. The number of rotatable bonds is 3. The lowest BCUT2D eigenvalue weighted by Gasteiger charge is -2.34. The minimum Gasteiger partial charge on any atom is -0.387 e. The molecule has 0 heterocycles. The van der Waals surface area contributed by atoms with Crippen LogP contribution in [0.15, 0.2) is 12.7 Å². The molecule has 0 amide bonds. The molecule has 3 radical (unpaired) electrons. The summed E-state index contributed by atoms with van der Waals surface area (Å²) in [7, 11) is 0. The summed E-state index contributed by atoms with van der Waals surface area (Å²) >= 11 is 0. The SMILES string of the molecule is C=CCC(C)(O)C(C)(C)O.[B]. The summed E-state index contributed by atoms with van der Waals surface area (Å²) in [6, 6.07) is 0. The molecule has 0 aliphatic heterocycles. The van der Waals surface area contributed by atoms with Crippen molar-refractivity contribution in [3.8, 4) is 0 Å². The van der Waals surface area contributed by atoms with Crippen molar-refractivity contribution < 1.29 is 10.2 Å². The van der Waals surface area contributed by atoms with E-state index in [0.717, 1.165) is 0 Å². The summed E-state index contributed by atoms with van der Waals surface area (Å²) < 4.78 is 0. The van der Waals surface area contributed by atoms with E-state index in [0.29, 0.717) is 6.42 Å². The van der Waals surface area contributed by atoms with E-state index in [1.54, 1.807) is 26.8 Å². The maximum absolute atomic E-state index is 9.53. The number of aliphatic hydroxyl groups is 2. The van der Waals surface area contributed by atoms with Crippen LogP contribution in [0.5, 0.6) is 0 Å². The van der Waals surface area contributed by atoms with Crippen molar-refractivity contribution >= 4 is 8.41 Å². The van der Waals surface area contributed by atoms with Crippen molar-refractivity contribution in [2.75, 3.05) is 0 Å². The molecule has 2 nitrogen and oxygen atoms in total. The topological polar surface area (TPSA) is 40.5 Å². The van der Waals surface area contributed by atoms with Crippen molar-refractivity contribution in [3.63, 3.8) is 0 Å². The Bertz CT molecular complexity index is 125. The van der Waals surface area contributed by atoms with E-state index in [1.165, 1.54) is 0 Å². The Morgan fingerprint density at radius 2 is 1.64 bits per heavy atom. The van der Waals surface area contributed by atoms with Crippen LogP contribution in [0, 0.1) is 0 Å². The Morgan fingerprint density at radius 3 is 1.73 bits per heavy atom. The van der Waals surface area contributed by atoms with Gasteiger partial charge in [0.25, 0.3) is 0 Å². The first-order valence-electron chi connectivity index (χ1n) is 3.37. The molecule has 1 unspecified atom stereocenters. The van der Waals surface area contributed by atoms with E-state index in [2.05, 4.69) is 6.58 Å². The zero-order valence-corrected chi connectivity index (χ0v) is 7.46. The third-order valence-corrected chi connectivity index (χ3v) is 1.86. The van der Waals surface area contributed by atoms with Crippen LogP contribution in [-0.4, -0.2) is 29.8 Å². The predicted molar refractivity (Wildman–Crippen MR) is 47.5 cm³/mol. The van der Waals surface area contributed by atoms with Gasteiger partial charge in [-0.25, -0.2) is 0 Å². The normalized spacial score (nSPS) is 16.5. The first kappa shape index (κ1) is 13.3. The molecule has 63 valence electrons. The summed E-state index contributed by atoms with van der Waals surface area (Å²) in [5.74, 6) is 0. The van der Waals surface area contributed by atoms with E-state index in [-0.39, 0.29) is 8.41 Å². The Balaban J connectivity index is 0. The molecule has 0 aromatic heterocycles. The maximum atomic E-state index is 9.53. The number of hydrogen-bond acceptors (Lipinski definition) is 2. The van der Waals surface area contributed by atoms with Gasteiger partial charge in [0.2, 0.25) is 0 Å². The first-order chi connectivity index (χ1) is 4.31. The first-order valence-corrected chi connectivity index (χ1v) is 3.37. The largest absolute Gasteiger partial charge is 0.387 e. The van der Waals surface area contributed by atoms with Crippen LogP contribution in [0.25, 0.3) is 0 Å². The molecule has 0 aliphatic rings. The van der Waals surface area contributed by atoms with Crippen LogP contribution in [0.3, 0.4) is 0 Å². The molecule has 0 aromatic rings. The van der Waals surface area contributed by atoms with Crippen LogP contribution < -0.4 is 0 Å². The predicted octanol–water partition coefficient (Wildman–Crippen LogP) is 0.704. The second-order valence-corrected chi connectivity index (χ2v) is 3.33. The average Bonchev–Trinajstić information content (AvgIpc) is 1.61. The second-order valence-electron chi connectivity index (χ2n) is 3.33. The van der Waals surface area contributed by atoms with Crippen LogP contribution in [-0.2, 0) is 0 Å². The van der Waals surface area contributed by atoms with E-state index in [4.69, 9.17) is 0 Å². The molecule has 0 saturated carbocycles. The molecule has 0 bridgehead atoms. The Morgan fingerprint density at radius 1 is 1.27 bits per heavy atom. The van der Waals surface area contributed by atoms with Crippen LogP contribution in [0.4, 0.5) is 0 Å². The van der Waals surface area contributed by atoms with Gasteiger partial charge < -0.3 is 10.2 Å². The van der Waals surface area contributed by atoms with Gasteiger partial charge in [-0.2, -0.15) is 0 Å². The highest BCUT2D eigenvalue weighted by molar-refractivity contribution is 5.75. The molecule has 11 heavy (non-hydrogen) atoms. The van der Waals surface area contributed by atoms with Crippen molar-refractivity contribution in [2.24, 2.45) is 0 Å². The van der Waals surface area contributed by atoms with E-state index in [1.807, 2.05) is 0 Å². The van der Waals surface area contributed by atoms with Crippen LogP contribution in [0.1, 0.15) is 27.2 Å². The van der Waals surface area contributed by atoms with Crippen molar-refractivity contribution in [1.82, 2.24) is 0 Å². The van der Waals surface area contributed by atoms with Gasteiger partial charge >= 0.3 is 0 Å². The van der Waals surface area contributed by atoms with E-state index in [9.17, 15) is 10.2 Å². The summed E-state index contributed by atoms with van der Waals surface area (Å²) in [6.07, 6.45) is 1.99. The number of hydrogen-bond donors (Lipinski definition) is 2. The summed E-state index contributed by atoms with van der Waals surface area (Å²) in [5, 5.41) is 18.9. The van der Waals surface area contributed by atoms with Gasteiger partial charge in [-0.1, -0.05) is 6.08 Å². The van der Waals surface area contributed by atoms with Gasteiger partial charge in [0.05, 0.1) is 11.2 Å². The molecule has 0 aromatic carbocycles. The minimum absolute atomic E-state index is 0. The zero-order valence-electron chi connectivity index (χ0n) is 7.46. The van der Waals surface area contributed by atoms with Crippen molar-refractivity contribution in [2.45, 2.75) is 38.4 Å². The van der Waals surface area contributed by atoms with Crippen molar-refractivity contribution in [3.05, 3.63) is 12.7 Å². The van der Waals surface area contributed by atoms with Crippen molar-refractivity contribution in [1.29, 1.82) is 0 Å². The lowest BCUT2D eigenvalue weighted by molar-refractivity contribution is -0.117. The van der Waals surface area contributed by atoms with Gasteiger partial charge in [-0.3, -0.25) is 0 Å². The second kappa shape index (κ2) is 3.93. The van der Waals surface area contributed by atoms with Crippen LogP contribution in [0.2, 0.25) is 0 Å². The molecule has 0 saturated heterocycles. The van der Waals surface area contributed by atoms with Gasteiger partial charge in [0, 0.05) is 8.41 Å². The van der Waals surface area contributed by atoms with E-state index < -0.39 is 11.2 Å². The Hall–Kier alpha value is -0.275. The highest BCUT2D eigenvalue weighted by Gasteiger charge is 2.35. The fourth-order valence-electron chi connectivity index (χ4n) is 0.531. The quantitative estimate of drug-likeness (QED) is 0.465. The zero-order chi connectivity index (χ0) is 8.41. The standard InChI is InChI=1S/C8H16O2.B/c1-5-6-8(4,10)7(2,3)9;/h5,9-10H,1,6H2,2-4H3;. The minimum atomic E-state index is -1.07. The molecule has 0 spiro atoms. The van der Waals surface area contributed by atoms with Crippen LogP contribution >= 0.6 is 0 Å². The Labute approximate surface area is 70.5 Å². The lowest BCUT2D eigenvalue weighted by Crippen LogP contribution is -2.47. The molecule has 0 rings (SSSR count). The smallest absolute Gasteiger partial charge is 0.0934 e. The molecular formula is C8H16BO2. The molecule has 1 atom stereocenters. The highest BCUT2D eigenvalue weighted by atomic mass is 16.3. The Kier molecular flexibility index (Phi) is 4.76. The monoisotopic (exact) mass is 155 g/mol. The summed E-state index contributed by atoms with van der Waals surface area (Å²) in [6.45, 7) is 8.24. The molecule has 0 fully saturated rings. The molecule has 2 N–H and O–H groups in total. The molecule has 3 heteroatoms. The third kappa shape index (κ3) is 3.58. The maximum Gasteiger partial charge on any atom is 0.0934 e.